The van der Waals surface area contributed by atoms with E-state index in [0.717, 1.165) is 21.5 Å². The van der Waals surface area contributed by atoms with Crippen LogP contribution in [-0.2, 0) is 0 Å². The Bertz CT molecular complexity index is 772. The van der Waals surface area contributed by atoms with E-state index in [1.807, 2.05) is 36.4 Å². The quantitative estimate of drug-likeness (QED) is 0.440. The average molecular weight is 239 g/mol. The van der Waals surface area contributed by atoms with Gasteiger partial charge in [-0.25, -0.2) is 4.98 Å². The molecule has 0 aliphatic heterocycles. The maximum absolute atomic E-state index is 8.87. The van der Waals surface area contributed by atoms with Crippen LogP contribution in [0.3, 0.4) is 0 Å². The number of pyridine rings is 1. The van der Waals surface area contributed by atoms with Crippen LogP contribution in [0.4, 0.5) is 0 Å². The molecule has 2 nitrogen and oxygen atoms in total. The van der Waals surface area contributed by atoms with Crippen molar-refractivity contribution in [3.05, 3.63) is 53.3 Å². The average Bonchev–Trinajstić information content (AvgIpc) is 2.38. The number of nitrogens with zero attached hydrogens (tertiary/aromatic N) is 2. The molecule has 0 N–H and O–H groups in total. The number of rotatable bonds is 0. The van der Waals surface area contributed by atoms with Crippen LogP contribution in [0.25, 0.3) is 21.5 Å². The van der Waals surface area contributed by atoms with Gasteiger partial charge in [-0.1, -0.05) is 29.8 Å². The second-order valence-corrected chi connectivity index (χ2v) is 4.17. The fourth-order valence-electron chi connectivity index (χ4n) is 2.03. The van der Waals surface area contributed by atoms with Crippen LogP contribution >= 0.6 is 11.6 Å². The molecule has 0 fully saturated rings. The van der Waals surface area contributed by atoms with Gasteiger partial charge in [0.2, 0.25) is 0 Å². The molecule has 1 aromatic heterocycles. The molecule has 0 amide bonds. The molecule has 0 spiro atoms. The molecule has 0 saturated heterocycles. The number of hydrogen-bond acceptors (Lipinski definition) is 2. The Balaban J connectivity index is 2.50. The first-order chi connectivity index (χ1) is 8.29. The maximum Gasteiger partial charge on any atom is 0.136 e. The van der Waals surface area contributed by atoms with E-state index in [4.69, 9.17) is 16.9 Å². The van der Waals surface area contributed by atoms with Gasteiger partial charge in [0.1, 0.15) is 5.15 Å². The molecule has 0 bridgehead atoms. The summed E-state index contributed by atoms with van der Waals surface area (Å²) in [6.07, 6.45) is 1.70. The molecule has 0 aliphatic rings. The summed E-state index contributed by atoms with van der Waals surface area (Å²) >= 11 is 6.05. The van der Waals surface area contributed by atoms with E-state index < -0.39 is 0 Å². The van der Waals surface area contributed by atoms with Crippen molar-refractivity contribution in [2.45, 2.75) is 0 Å². The highest BCUT2D eigenvalue weighted by Gasteiger charge is 2.04. The van der Waals surface area contributed by atoms with Gasteiger partial charge in [0.15, 0.2) is 0 Å². The number of hydrogen-bond donors (Lipinski definition) is 0. The molecule has 0 unspecified atom stereocenters. The third kappa shape index (κ3) is 1.52. The standard InChI is InChI=1S/C14H7ClN2/c15-14-13-4-2-10-7-9(8-16)1-3-11(10)12(13)5-6-17-14/h1-7H. The van der Waals surface area contributed by atoms with E-state index in [2.05, 4.69) is 11.1 Å². The number of benzene rings is 2. The largest absolute Gasteiger partial charge is 0.244 e. The van der Waals surface area contributed by atoms with E-state index in [9.17, 15) is 0 Å². The lowest BCUT2D eigenvalue weighted by molar-refractivity contribution is 1.37. The van der Waals surface area contributed by atoms with Gasteiger partial charge in [0.05, 0.1) is 11.6 Å². The van der Waals surface area contributed by atoms with Crippen LogP contribution in [0.1, 0.15) is 5.56 Å². The Morgan fingerprint density at radius 3 is 2.65 bits per heavy atom. The lowest BCUT2D eigenvalue weighted by Crippen LogP contribution is -1.82. The van der Waals surface area contributed by atoms with Crippen LogP contribution in [0, 0.1) is 11.3 Å². The van der Waals surface area contributed by atoms with E-state index in [-0.39, 0.29) is 0 Å². The highest BCUT2D eigenvalue weighted by molar-refractivity contribution is 6.35. The second-order valence-electron chi connectivity index (χ2n) is 3.81. The van der Waals surface area contributed by atoms with Gasteiger partial charge in [-0.05, 0) is 34.4 Å². The zero-order valence-corrected chi connectivity index (χ0v) is 9.57. The molecule has 3 heteroatoms. The Labute approximate surface area is 103 Å². The molecule has 0 radical (unpaired) electrons. The van der Waals surface area contributed by atoms with Crippen molar-refractivity contribution in [3.63, 3.8) is 0 Å². The topological polar surface area (TPSA) is 36.7 Å². The molecule has 3 rings (SSSR count). The molecule has 0 aliphatic carbocycles. The Kier molecular flexibility index (Phi) is 2.21. The van der Waals surface area contributed by atoms with Crippen molar-refractivity contribution >= 4 is 33.1 Å². The first-order valence-electron chi connectivity index (χ1n) is 5.17. The second kappa shape index (κ2) is 3.73. The summed E-state index contributed by atoms with van der Waals surface area (Å²) in [5.41, 5.74) is 0.664. The summed E-state index contributed by atoms with van der Waals surface area (Å²) in [4.78, 5) is 4.06. The lowest BCUT2D eigenvalue weighted by Gasteiger charge is -2.04. The number of fused-ring (bicyclic) bond motifs is 3. The Morgan fingerprint density at radius 2 is 1.82 bits per heavy atom. The number of nitriles is 1. The third-order valence-corrected chi connectivity index (χ3v) is 3.14. The van der Waals surface area contributed by atoms with E-state index in [1.54, 1.807) is 6.20 Å². The molecule has 17 heavy (non-hydrogen) atoms. The van der Waals surface area contributed by atoms with Crippen LogP contribution in [0.2, 0.25) is 5.15 Å². The molecule has 0 atom stereocenters. The van der Waals surface area contributed by atoms with Gasteiger partial charge >= 0.3 is 0 Å². The summed E-state index contributed by atoms with van der Waals surface area (Å²) < 4.78 is 0. The summed E-state index contributed by atoms with van der Waals surface area (Å²) in [7, 11) is 0. The van der Waals surface area contributed by atoms with Crippen molar-refractivity contribution in [3.8, 4) is 6.07 Å². The van der Waals surface area contributed by atoms with Crippen LogP contribution in [-0.4, -0.2) is 4.98 Å². The minimum absolute atomic E-state index is 0.508. The molecule has 2 aromatic carbocycles. The monoisotopic (exact) mass is 238 g/mol. The zero-order chi connectivity index (χ0) is 11.8. The summed E-state index contributed by atoms with van der Waals surface area (Å²) in [6, 6.07) is 13.6. The van der Waals surface area contributed by atoms with E-state index in [0.29, 0.717) is 10.7 Å². The molecule has 80 valence electrons. The van der Waals surface area contributed by atoms with Gasteiger partial charge in [0, 0.05) is 11.6 Å². The van der Waals surface area contributed by atoms with Gasteiger partial charge in [-0.15, -0.1) is 0 Å². The summed E-state index contributed by atoms with van der Waals surface area (Å²) in [6.45, 7) is 0. The normalized spacial score (nSPS) is 10.6. The Morgan fingerprint density at radius 1 is 1.00 bits per heavy atom. The van der Waals surface area contributed by atoms with Gasteiger partial charge < -0.3 is 0 Å². The van der Waals surface area contributed by atoms with Gasteiger partial charge in [-0.2, -0.15) is 5.26 Å². The van der Waals surface area contributed by atoms with Crippen LogP contribution in [0.15, 0.2) is 42.6 Å². The highest BCUT2D eigenvalue weighted by Crippen LogP contribution is 2.29. The minimum Gasteiger partial charge on any atom is -0.244 e. The molecular formula is C14H7ClN2. The highest BCUT2D eigenvalue weighted by atomic mass is 35.5. The van der Waals surface area contributed by atoms with Crippen molar-refractivity contribution in [1.82, 2.24) is 4.98 Å². The first-order valence-corrected chi connectivity index (χ1v) is 5.54. The molecule has 3 aromatic rings. The van der Waals surface area contributed by atoms with Crippen LogP contribution < -0.4 is 0 Å². The predicted octanol–water partition coefficient (Wildman–Crippen LogP) is 3.91. The lowest BCUT2D eigenvalue weighted by atomic mass is 10.0. The minimum atomic E-state index is 0.508. The van der Waals surface area contributed by atoms with Gasteiger partial charge in [0.25, 0.3) is 0 Å². The fourth-order valence-corrected chi connectivity index (χ4v) is 2.25. The molecule has 1 heterocycles. The van der Waals surface area contributed by atoms with Crippen LogP contribution in [0.5, 0.6) is 0 Å². The SMILES string of the molecule is N#Cc1ccc2c(ccc3c(Cl)nccc32)c1. The van der Waals surface area contributed by atoms with Gasteiger partial charge in [-0.3, -0.25) is 0 Å². The van der Waals surface area contributed by atoms with Crippen molar-refractivity contribution < 1.29 is 0 Å². The predicted molar refractivity (Wildman–Crippen MR) is 69.0 cm³/mol. The van der Waals surface area contributed by atoms with Crippen molar-refractivity contribution in [2.24, 2.45) is 0 Å². The summed E-state index contributed by atoms with van der Waals surface area (Å²) in [5.74, 6) is 0. The fraction of sp³-hybridized carbons (Fsp3) is 0. The molecule has 0 saturated carbocycles. The third-order valence-electron chi connectivity index (χ3n) is 2.84. The molecular weight excluding hydrogens is 232 g/mol. The Hall–Kier alpha value is -2.11. The first kappa shape index (κ1) is 10.1. The van der Waals surface area contributed by atoms with E-state index in [1.165, 1.54) is 0 Å². The number of halogens is 1. The van der Waals surface area contributed by atoms with E-state index >= 15 is 0 Å². The van der Waals surface area contributed by atoms with Crippen molar-refractivity contribution in [1.29, 1.82) is 5.26 Å². The van der Waals surface area contributed by atoms with Crippen molar-refractivity contribution in [2.75, 3.05) is 0 Å². The zero-order valence-electron chi connectivity index (χ0n) is 8.81. The smallest absolute Gasteiger partial charge is 0.136 e. The summed E-state index contributed by atoms with van der Waals surface area (Å²) in [5, 5.41) is 13.5. The number of aromatic nitrogens is 1. The maximum atomic E-state index is 8.87.